The van der Waals surface area contributed by atoms with Crippen LogP contribution >= 0.6 is 0 Å². The molecule has 0 aliphatic heterocycles. The Balaban J connectivity index is 1.14. The van der Waals surface area contributed by atoms with Gasteiger partial charge in [0.1, 0.15) is 5.60 Å². The first-order valence-electron chi connectivity index (χ1n) is 14.1. The molecule has 1 aromatic rings. The Labute approximate surface area is 229 Å². The van der Waals surface area contributed by atoms with Gasteiger partial charge in [0.2, 0.25) is 5.91 Å². The normalized spacial score (nSPS) is 35.0. The monoisotopic (exact) mass is 536 g/mol. The van der Waals surface area contributed by atoms with Crippen molar-refractivity contribution in [1.82, 2.24) is 10.8 Å². The molecule has 0 unspecified atom stereocenters. The summed E-state index contributed by atoms with van der Waals surface area (Å²) in [4.78, 5) is 41.1. The fourth-order valence-electron chi connectivity index (χ4n) is 8.28. The smallest absolute Gasteiger partial charge is 0.335 e. The van der Waals surface area contributed by atoms with Gasteiger partial charge in [0.15, 0.2) is 12.4 Å². The van der Waals surface area contributed by atoms with Gasteiger partial charge in [-0.2, -0.15) is 0 Å². The van der Waals surface area contributed by atoms with Gasteiger partial charge in [-0.05, 0) is 98.8 Å². The largest absolute Gasteiger partial charge is 0.478 e. The highest BCUT2D eigenvalue weighted by Gasteiger charge is 2.65. The molecule has 4 aliphatic carbocycles. The maximum Gasteiger partial charge on any atom is 0.335 e. The molecule has 210 valence electrons. The molecule has 6 atom stereocenters. The number of hydrogen-bond acceptors (Lipinski definition) is 6. The van der Waals surface area contributed by atoms with E-state index >= 15 is 0 Å². The molecule has 0 aromatic heterocycles. The lowest BCUT2D eigenvalue weighted by Gasteiger charge is -2.58. The van der Waals surface area contributed by atoms with Crippen molar-refractivity contribution in [2.45, 2.75) is 77.9 Å². The molecule has 0 spiro atoms. The highest BCUT2D eigenvalue weighted by molar-refractivity contribution is 5.87. The van der Waals surface area contributed by atoms with E-state index < -0.39 is 11.6 Å². The summed E-state index contributed by atoms with van der Waals surface area (Å²) in [7, 11) is 0. The van der Waals surface area contributed by atoms with Crippen LogP contribution < -0.4 is 10.8 Å². The number of hydroxylamine groups is 1. The number of aromatic carboxylic acids is 1. The average molecular weight is 537 g/mol. The van der Waals surface area contributed by atoms with E-state index in [-0.39, 0.29) is 34.7 Å². The Hall–Kier alpha value is -2.97. The van der Waals surface area contributed by atoms with Crippen LogP contribution in [-0.2, 0) is 21.0 Å². The molecule has 3 saturated carbocycles. The number of ketones is 1. The summed E-state index contributed by atoms with van der Waals surface area (Å²) in [5.41, 5.74) is 4.78. The third-order valence-electron chi connectivity index (χ3n) is 10.6. The number of hydrogen-bond donors (Lipinski definition) is 4. The first-order chi connectivity index (χ1) is 18.5. The van der Waals surface area contributed by atoms with Crippen molar-refractivity contribution in [1.29, 1.82) is 0 Å². The third-order valence-corrected chi connectivity index (χ3v) is 10.6. The molecule has 1 aromatic carbocycles. The second-order valence-electron chi connectivity index (χ2n) is 12.4. The summed E-state index contributed by atoms with van der Waals surface area (Å²) in [6, 6.07) is 6.38. The van der Waals surface area contributed by atoms with Crippen LogP contribution in [0.15, 0.2) is 47.7 Å². The van der Waals surface area contributed by atoms with Crippen LogP contribution in [0.4, 0.5) is 0 Å². The number of nitrogens with one attached hydrogen (secondary N) is 2. The van der Waals surface area contributed by atoms with Gasteiger partial charge in [0.25, 0.3) is 0 Å². The molecule has 5 rings (SSSR count). The Bertz CT molecular complexity index is 1220. The molecule has 8 nitrogen and oxygen atoms in total. The van der Waals surface area contributed by atoms with E-state index in [1.54, 1.807) is 19.1 Å². The van der Waals surface area contributed by atoms with Gasteiger partial charge in [-0.3, -0.25) is 19.9 Å². The number of Topliss-reactive ketones (excluding diaryl/α,β-unsaturated/α-hetero) is 1. The quantitative estimate of drug-likeness (QED) is 0.365. The molecule has 8 heteroatoms. The van der Waals surface area contributed by atoms with Gasteiger partial charge < -0.3 is 15.5 Å². The summed E-state index contributed by atoms with van der Waals surface area (Å²) >= 11 is 0. The van der Waals surface area contributed by atoms with Crippen LogP contribution in [0.1, 0.15) is 81.6 Å². The van der Waals surface area contributed by atoms with Crippen molar-refractivity contribution in [2.24, 2.45) is 28.6 Å². The van der Waals surface area contributed by atoms with Crippen molar-refractivity contribution >= 4 is 17.7 Å². The van der Waals surface area contributed by atoms with Crippen LogP contribution in [0.5, 0.6) is 0 Å². The first kappa shape index (κ1) is 27.6. The Kier molecular flexibility index (Phi) is 7.22. The Morgan fingerprint density at radius 1 is 1.05 bits per heavy atom. The minimum atomic E-state index is -1.18. The lowest BCUT2D eigenvalue weighted by molar-refractivity contribution is -0.159. The molecule has 1 amide bonds. The van der Waals surface area contributed by atoms with Crippen molar-refractivity contribution < 1.29 is 29.4 Å². The van der Waals surface area contributed by atoms with E-state index in [9.17, 15) is 19.5 Å². The van der Waals surface area contributed by atoms with E-state index in [2.05, 4.69) is 36.8 Å². The molecule has 39 heavy (non-hydrogen) atoms. The van der Waals surface area contributed by atoms with E-state index in [4.69, 9.17) is 9.94 Å². The van der Waals surface area contributed by atoms with Crippen LogP contribution in [0.3, 0.4) is 0 Å². The zero-order chi connectivity index (χ0) is 28.0. The van der Waals surface area contributed by atoms with Crippen LogP contribution in [0, 0.1) is 28.6 Å². The molecular weight excluding hydrogens is 496 g/mol. The Morgan fingerprint density at radius 2 is 1.77 bits per heavy atom. The van der Waals surface area contributed by atoms with E-state index in [1.165, 1.54) is 17.7 Å². The minimum absolute atomic E-state index is 0.0555. The maximum atomic E-state index is 12.4. The van der Waals surface area contributed by atoms with E-state index in [1.807, 2.05) is 0 Å². The molecule has 3 fully saturated rings. The van der Waals surface area contributed by atoms with Crippen LogP contribution in [0.2, 0.25) is 0 Å². The van der Waals surface area contributed by atoms with Crippen molar-refractivity contribution in [3.8, 4) is 0 Å². The number of carboxylic acid groups (broad SMARTS) is 1. The SMILES string of the molecule is CC(=O)[C@]1(O)CC[C@H]2[C@@H]3CCC4=CC(NOCC(=O)NCc5ccc(C(=O)O)cc5)=CC[C@]4(C)[C@H]3CC[C@@]21C. The first-order valence-corrected chi connectivity index (χ1v) is 14.1. The third kappa shape index (κ3) is 4.72. The highest BCUT2D eigenvalue weighted by atomic mass is 16.6. The average Bonchev–Trinajstić information content (AvgIpc) is 3.19. The van der Waals surface area contributed by atoms with Gasteiger partial charge in [0.05, 0.1) is 11.3 Å². The minimum Gasteiger partial charge on any atom is -0.478 e. The molecule has 0 saturated heterocycles. The number of allylic oxidation sites excluding steroid dienone is 3. The predicted molar refractivity (Wildman–Crippen MR) is 145 cm³/mol. The molecule has 0 heterocycles. The van der Waals surface area contributed by atoms with Crippen molar-refractivity contribution in [3.05, 3.63) is 58.8 Å². The number of carboxylic acids is 1. The van der Waals surface area contributed by atoms with Gasteiger partial charge >= 0.3 is 5.97 Å². The zero-order valence-electron chi connectivity index (χ0n) is 23.1. The molecule has 0 bridgehead atoms. The number of aliphatic hydroxyl groups is 1. The second kappa shape index (κ2) is 10.2. The summed E-state index contributed by atoms with van der Waals surface area (Å²) in [6.45, 7) is 6.22. The summed E-state index contributed by atoms with van der Waals surface area (Å²) in [6.07, 6.45) is 10.7. The predicted octanol–water partition coefficient (Wildman–Crippen LogP) is 4.30. The van der Waals surface area contributed by atoms with Gasteiger partial charge in [-0.1, -0.05) is 37.6 Å². The molecule has 4 N–H and O–H groups in total. The van der Waals surface area contributed by atoms with Crippen molar-refractivity contribution in [3.63, 3.8) is 0 Å². The fraction of sp³-hybridized carbons (Fsp3) is 0.581. The maximum absolute atomic E-state index is 12.4. The summed E-state index contributed by atoms with van der Waals surface area (Å²) in [5.74, 6) is 0.0910. The number of fused-ring (bicyclic) bond motifs is 5. The number of carbonyl (C=O) groups excluding carboxylic acids is 2. The van der Waals surface area contributed by atoms with E-state index in [0.717, 1.165) is 49.8 Å². The highest BCUT2D eigenvalue weighted by Crippen LogP contribution is 2.67. The fourth-order valence-corrected chi connectivity index (χ4v) is 8.28. The lowest BCUT2D eigenvalue weighted by atomic mass is 9.46. The number of rotatable bonds is 8. The van der Waals surface area contributed by atoms with Crippen LogP contribution in [0.25, 0.3) is 0 Å². The van der Waals surface area contributed by atoms with E-state index in [0.29, 0.717) is 30.7 Å². The Morgan fingerprint density at radius 3 is 2.46 bits per heavy atom. The molecule has 4 aliphatic rings. The number of amides is 1. The summed E-state index contributed by atoms with van der Waals surface area (Å²) < 4.78 is 0. The van der Waals surface area contributed by atoms with Gasteiger partial charge in [-0.15, -0.1) is 0 Å². The van der Waals surface area contributed by atoms with Crippen molar-refractivity contribution in [2.75, 3.05) is 6.61 Å². The standard InChI is InChI=1S/C31H40N2O6/c1-19(34)31(38)15-12-26-24-9-8-22-16-23(10-13-29(22,2)25(24)11-14-30(26,31)3)33-39-18-27(35)32-17-20-4-6-21(7-5-20)28(36)37/h4-7,10,16,24-26,33,38H,8-9,11-15,17-18H2,1-3H3,(H,32,35)(H,36,37)/t24-,25+,26+,29+,30+,31-/m1/s1. The lowest BCUT2D eigenvalue weighted by Crippen LogP contribution is -2.56. The topological polar surface area (TPSA) is 125 Å². The van der Waals surface area contributed by atoms with Gasteiger partial charge in [0, 0.05) is 12.0 Å². The summed E-state index contributed by atoms with van der Waals surface area (Å²) in [5, 5.41) is 23.1. The molecular formula is C31H40N2O6. The zero-order valence-corrected chi connectivity index (χ0v) is 23.1. The van der Waals surface area contributed by atoms with Crippen LogP contribution in [-0.4, -0.2) is 40.1 Å². The molecule has 0 radical (unpaired) electrons. The second-order valence-corrected chi connectivity index (χ2v) is 12.4. The number of benzene rings is 1. The van der Waals surface area contributed by atoms with Gasteiger partial charge in [-0.25, -0.2) is 4.79 Å². The number of carbonyl (C=O) groups is 3.